The molecule has 4 aliphatic rings. The van der Waals surface area contributed by atoms with Crippen molar-refractivity contribution in [3.63, 3.8) is 0 Å². The molecule has 7 rings (SSSR count). The van der Waals surface area contributed by atoms with Crippen molar-refractivity contribution in [1.82, 2.24) is 9.80 Å². The van der Waals surface area contributed by atoms with Crippen molar-refractivity contribution >= 4 is 29.1 Å². The number of rotatable bonds is 11. The maximum absolute atomic E-state index is 15.2. The highest BCUT2D eigenvalue weighted by Gasteiger charge is 2.76. The Hall–Kier alpha value is -4.73. The summed E-state index contributed by atoms with van der Waals surface area (Å²) >= 11 is 0. The Morgan fingerprint density at radius 2 is 1.43 bits per heavy atom. The minimum Gasteiger partial charge on any atom is -0.394 e. The summed E-state index contributed by atoms with van der Waals surface area (Å²) in [7, 11) is 0. The predicted octanol–water partition coefficient (Wildman–Crippen LogP) is 5.00. The SMILES string of the molecule is CCN(CC)c1ccc(N2CC=C[C@]34O[C@@]5(CC)C=CCN(Cc6ccccc6)C(=O)[C@H]5[C@H]3C(=O)N([C@@H](CO)Cc3ccccc3)C4C2=O)cc1. The van der Waals surface area contributed by atoms with Crippen LogP contribution in [0.1, 0.15) is 38.3 Å². The molecular weight excluding hydrogens is 640 g/mol. The van der Waals surface area contributed by atoms with Crippen LogP contribution in [-0.2, 0) is 32.1 Å². The smallest absolute Gasteiger partial charge is 0.253 e. The van der Waals surface area contributed by atoms with E-state index in [1.54, 1.807) is 14.7 Å². The molecule has 2 saturated heterocycles. The molecule has 9 heteroatoms. The average Bonchev–Trinajstić information content (AvgIpc) is 3.46. The number of anilines is 2. The summed E-state index contributed by atoms with van der Waals surface area (Å²) in [5, 5.41) is 10.9. The highest BCUT2D eigenvalue weighted by atomic mass is 16.5. The Labute approximate surface area is 300 Å². The van der Waals surface area contributed by atoms with Gasteiger partial charge in [-0.25, -0.2) is 0 Å². The lowest BCUT2D eigenvalue weighted by molar-refractivity contribution is -0.152. The molecule has 9 nitrogen and oxygen atoms in total. The number of hydrogen-bond donors (Lipinski definition) is 1. The molecule has 51 heavy (non-hydrogen) atoms. The number of fused-ring (bicyclic) bond motifs is 2. The molecular formula is C42H48N4O5. The van der Waals surface area contributed by atoms with Gasteiger partial charge in [-0.05, 0) is 62.1 Å². The highest BCUT2D eigenvalue weighted by Crippen LogP contribution is 2.59. The Balaban J connectivity index is 1.33. The number of hydrogen-bond acceptors (Lipinski definition) is 6. The zero-order chi connectivity index (χ0) is 35.8. The van der Waals surface area contributed by atoms with Crippen LogP contribution in [0.2, 0.25) is 0 Å². The monoisotopic (exact) mass is 688 g/mol. The molecule has 0 saturated carbocycles. The Morgan fingerprint density at radius 3 is 2.06 bits per heavy atom. The molecule has 0 aromatic heterocycles. The lowest BCUT2D eigenvalue weighted by atomic mass is 9.73. The largest absolute Gasteiger partial charge is 0.394 e. The number of likely N-dealkylation sites (tertiary alicyclic amines) is 1. The van der Waals surface area contributed by atoms with Crippen molar-refractivity contribution < 1.29 is 24.2 Å². The first kappa shape index (κ1) is 34.7. The molecule has 3 aromatic rings. The van der Waals surface area contributed by atoms with Crippen LogP contribution in [0.3, 0.4) is 0 Å². The van der Waals surface area contributed by atoms with Gasteiger partial charge in [0.05, 0.1) is 30.1 Å². The summed E-state index contributed by atoms with van der Waals surface area (Å²) in [4.78, 5) is 52.5. The molecule has 1 unspecified atom stereocenters. The van der Waals surface area contributed by atoms with Crippen molar-refractivity contribution in [2.45, 2.75) is 63.4 Å². The lowest BCUT2D eigenvalue weighted by Crippen LogP contribution is -2.59. The predicted molar refractivity (Wildman–Crippen MR) is 198 cm³/mol. The number of carbonyl (C=O) groups is 3. The number of benzene rings is 3. The fourth-order valence-electron chi connectivity index (χ4n) is 8.89. The van der Waals surface area contributed by atoms with Gasteiger partial charge >= 0.3 is 0 Å². The van der Waals surface area contributed by atoms with E-state index in [0.717, 1.165) is 29.9 Å². The average molecular weight is 689 g/mol. The lowest BCUT2D eigenvalue weighted by Gasteiger charge is -2.41. The van der Waals surface area contributed by atoms with Crippen molar-refractivity contribution in [1.29, 1.82) is 0 Å². The molecule has 4 aliphatic heterocycles. The maximum Gasteiger partial charge on any atom is 0.253 e. The van der Waals surface area contributed by atoms with Crippen LogP contribution in [0.25, 0.3) is 0 Å². The summed E-state index contributed by atoms with van der Waals surface area (Å²) in [5.41, 5.74) is 1.18. The van der Waals surface area contributed by atoms with E-state index in [1.165, 1.54) is 0 Å². The standard InChI is InChI=1S/C42H48N4O5/c1-4-41-23-13-25-44(28-31-17-11-8-12-18-31)38(48)35(41)36-39(49)46(34(29-47)27-30-15-9-7-10-16-30)37-40(50)45(26-14-24-42(36,37)51-41)33-21-19-32(20-22-33)43(5-2)6-3/h7-24,34-37,47H,4-6,25-29H2,1-3H3/t34-,35-,36+,37?,41+,42+/m1/s1. The summed E-state index contributed by atoms with van der Waals surface area (Å²) in [5.74, 6) is -2.63. The van der Waals surface area contributed by atoms with Crippen LogP contribution in [0.4, 0.5) is 11.4 Å². The molecule has 2 fully saturated rings. The first-order valence-electron chi connectivity index (χ1n) is 18.3. The maximum atomic E-state index is 15.2. The molecule has 1 spiro atoms. The number of amides is 3. The fraction of sp³-hybridized carbons (Fsp3) is 0.405. The van der Waals surface area contributed by atoms with Crippen molar-refractivity contribution in [2.24, 2.45) is 11.8 Å². The van der Waals surface area contributed by atoms with Crippen LogP contribution in [0.5, 0.6) is 0 Å². The summed E-state index contributed by atoms with van der Waals surface area (Å²) in [6, 6.07) is 25.6. The van der Waals surface area contributed by atoms with E-state index in [1.807, 2.05) is 116 Å². The Kier molecular flexibility index (Phi) is 9.61. The van der Waals surface area contributed by atoms with E-state index < -0.39 is 35.1 Å². The second kappa shape index (κ2) is 14.1. The van der Waals surface area contributed by atoms with Gasteiger partial charge in [-0.2, -0.15) is 0 Å². The molecule has 0 bridgehead atoms. The summed E-state index contributed by atoms with van der Waals surface area (Å²) in [6.45, 7) is 8.62. The minimum atomic E-state index is -1.43. The third kappa shape index (κ3) is 5.86. The summed E-state index contributed by atoms with van der Waals surface area (Å²) < 4.78 is 7.21. The second-order valence-corrected chi connectivity index (χ2v) is 14.0. The highest BCUT2D eigenvalue weighted by molar-refractivity contribution is 6.06. The quantitative estimate of drug-likeness (QED) is 0.285. The van der Waals surface area contributed by atoms with Crippen molar-refractivity contribution in [3.05, 3.63) is 120 Å². The molecule has 1 N–H and O–H groups in total. The van der Waals surface area contributed by atoms with E-state index in [0.29, 0.717) is 31.6 Å². The summed E-state index contributed by atoms with van der Waals surface area (Å²) in [6.07, 6.45) is 8.52. The number of aliphatic hydroxyl groups excluding tert-OH is 1. The molecule has 266 valence electrons. The van der Waals surface area contributed by atoms with Gasteiger partial charge in [-0.15, -0.1) is 0 Å². The van der Waals surface area contributed by atoms with Gasteiger partial charge < -0.3 is 29.4 Å². The van der Waals surface area contributed by atoms with E-state index in [4.69, 9.17) is 4.74 Å². The van der Waals surface area contributed by atoms with E-state index >= 15 is 9.59 Å². The first-order chi connectivity index (χ1) is 24.8. The van der Waals surface area contributed by atoms with E-state index in [-0.39, 0.29) is 30.9 Å². The van der Waals surface area contributed by atoms with E-state index in [9.17, 15) is 9.90 Å². The van der Waals surface area contributed by atoms with E-state index in [2.05, 4.69) is 18.7 Å². The number of nitrogens with zero attached hydrogens (tertiary/aromatic N) is 4. The van der Waals surface area contributed by atoms with Gasteiger partial charge in [-0.3, -0.25) is 14.4 Å². The third-order valence-corrected chi connectivity index (χ3v) is 11.4. The van der Waals surface area contributed by atoms with Gasteiger partial charge in [0.15, 0.2) is 0 Å². The molecule has 3 aromatic carbocycles. The molecule has 6 atom stereocenters. The van der Waals surface area contributed by atoms with Crippen LogP contribution in [0.15, 0.2) is 109 Å². The molecule has 3 amide bonds. The Morgan fingerprint density at radius 1 is 0.784 bits per heavy atom. The number of carbonyl (C=O) groups excluding carboxylic acids is 3. The molecule has 0 aliphatic carbocycles. The van der Waals surface area contributed by atoms with Crippen LogP contribution in [0, 0.1) is 11.8 Å². The van der Waals surface area contributed by atoms with Crippen molar-refractivity contribution in [2.75, 3.05) is 42.6 Å². The number of ether oxygens (including phenoxy) is 1. The molecule has 0 radical (unpaired) electrons. The van der Waals surface area contributed by atoms with Gasteiger partial charge in [0.1, 0.15) is 11.6 Å². The molecule has 4 heterocycles. The topological polar surface area (TPSA) is 93.6 Å². The third-order valence-electron chi connectivity index (χ3n) is 11.4. The zero-order valence-corrected chi connectivity index (χ0v) is 29.7. The number of aliphatic hydroxyl groups is 1. The zero-order valence-electron chi connectivity index (χ0n) is 29.7. The van der Waals surface area contributed by atoms with Crippen LogP contribution < -0.4 is 9.80 Å². The normalized spacial score (nSPS) is 27.6. The Bertz CT molecular complexity index is 1790. The fourth-order valence-corrected chi connectivity index (χ4v) is 8.89. The van der Waals surface area contributed by atoms with Gasteiger partial charge in [-0.1, -0.05) is 91.9 Å². The van der Waals surface area contributed by atoms with Gasteiger partial charge in [0.25, 0.3) is 5.91 Å². The minimum absolute atomic E-state index is 0.168. The van der Waals surface area contributed by atoms with Gasteiger partial charge in [0.2, 0.25) is 11.8 Å². The first-order valence-corrected chi connectivity index (χ1v) is 18.3. The van der Waals surface area contributed by atoms with Crippen LogP contribution >= 0.6 is 0 Å². The van der Waals surface area contributed by atoms with Crippen molar-refractivity contribution in [3.8, 4) is 0 Å². The van der Waals surface area contributed by atoms with Crippen LogP contribution in [-0.4, -0.2) is 88.7 Å². The second-order valence-electron chi connectivity index (χ2n) is 14.0. The van der Waals surface area contributed by atoms with Gasteiger partial charge in [0, 0.05) is 44.1 Å².